The molecular formula is C8H13N5O5S2. The zero-order valence-electron chi connectivity index (χ0n) is 10.4. The molecule has 0 radical (unpaired) electrons. The van der Waals surface area contributed by atoms with Gasteiger partial charge in [0.2, 0.25) is 15.9 Å². The minimum Gasteiger partial charge on any atom is -0.355 e. The summed E-state index contributed by atoms with van der Waals surface area (Å²) < 4.78 is 25.7. The Labute approximate surface area is 118 Å². The molecule has 0 aliphatic carbocycles. The molecule has 5 N–H and O–H groups in total. The van der Waals surface area contributed by atoms with Crippen LogP contribution in [0.15, 0.2) is 10.3 Å². The molecule has 0 aromatic carbocycles. The van der Waals surface area contributed by atoms with Gasteiger partial charge in [-0.1, -0.05) is 11.3 Å². The molecule has 0 aliphatic heterocycles. The number of nitrogens with one attached hydrogen (secondary N) is 3. The molecule has 0 spiro atoms. The molecule has 0 saturated heterocycles. The quantitative estimate of drug-likeness (QED) is 0.225. The average molecular weight is 323 g/mol. The van der Waals surface area contributed by atoms with Crippen molar-refractivity contribution in [3.63, 3.8) is 0 Å². The summed E-state index contributed by atoms with van der Waals surface area (Å²) in [4.78, 5) is 20.6. The molecule has 112 valence electrons. The van der Waals surface area contributed by atoms with E-state index in [1.807, 2.05) is 0 Å². The lowest BCUT2D eigenvalue weighted by atomic mass is 10.5. The van der Waals surface area contributed by atoms with E-state index in [0.29, 0.717) is 11.3 Å². The van der Waals surface area contributed by atoms with Crippen LogP contribution in [0.2, 0.25) is 0 Å². The molecule has 1 amide bonds. The minimum absolute atomic E-state index is 0.0288. The van der Waals surface area contributed by atoms with Crippen molar-refractivity contribution in [2.45, 2.75) is 11.1 Å². The van der Waals surface area contributed by atoms with Crippen LogP contribution in [-0.2, 0) is 14.8 Å². The number of sulfonamides is 1. The fraction of sp³-hybridized carbons (Fsp3) is 0.375. The number of nitro groups is 1. The Morgan fingerprint density at radius 3 is 2.60 bits per heavy atom. The molecule has 0 atom stereocenters. The molecule has 0 fully saturated rings. The van der Waals surface area contributed by atoms with Crippen molar-refractivity contribution in [1.82, 2.24) is 10.0 Å². The van der Waals surface area contributed by atoms with Gasteiger partial charge in [-0.05, 0) is 0 Å². The molecule has 1 rings (SSSR count). The van der Waals surface area contributed by atoms with Crippen LogP contribution in [0.5, 0.6) is 0 Å². The Balaban J connectivity index is 2.82. The number of nitrogens with two attached hydrogens (primary N) is 1. The Morgan fingerprint density at radius 2 is 2.15 bits per heavy atom. The molecule has 0 bridgehead atoms. The summed E-state index contributed by atoms with van der Waals surface area (Å²) in [6.45, 7) is 1.39. The molecule has 10 nitrogen and oxygen atoms in total. The van der Waals surface area contributed by atoms with Crippen molar-refractivity contribution in [2.75, 3.05) is 18.5 Å². The lowest BCUT2D eigenvalue weighted by Crippen LogP contribution is -2.33. The molecule has 1 heterocycles. The van der Waals surface area contributed by atoms with Gasteiger partial charge < -0.3 is 10.7 Å². The second-order valence-corrected chi connectivity index (χ2v) is 6.61. The van der Waals surface area contributed by atoms with Crippen LogP contribution in [0.1, 0.15) is 6.92 Å². The van der Waals surface area contributed by atoms with E-state index in [0.717, 1.165) is 6.07 Å². The van der Waals surface area contributed by atoms with E-state index >= 15 is 0 Å². The summed E-state index contributed by atoms with van der Waals surface area (Å²) in [6.07, 6.45) is 0. The van der Waals surface area contributed by atoms with E-state index < -0.39 is 20.6 Å². The molecule has 20 heavy (non-hydrogen) atoms. The minimum atomic E-state index is -3.89. The van der Waals surface area contributed by atoms with Crippen LogP contribution < -0.4 is 21.3 Å². The highest BCUT2D eigenvalue weighted by Crippen LogP contribution is 2.36. The average Bonchev–Trinajstić information content (AvgIpc) is 2.79. The van der Waals surface area contributed by atoms with Gasteiger partial charge in [0.1, 0.15) is 4.21 Å². The van der Waals surface area contributed by atoms with Crippen molar-refractivity contribution in [3.8, 4) is 0 Å². The van der Waals surface area contributed by atoms with E-state index in [1.54, 1.807) is 0 Å². The lowest BCUT2D eigenvalue weighted by Gasteiger charge is -2.04. The number of hydrogen-bond donors (Lipinski definition) is 4. The second-order valence-electron chi connectivity index (χ2n) is 3.56. The number of amides is 1. The van der Waals surface area contributed by atoms with Gasteiger partial charge in [-0.15, -0.1) is 0 Å². The topological polar surface area (TPSA) is 156 Å². The standard InChI is InChI=1S/C8H13N5O5S2/c1-5(14)10-2-3-11-20(17,18)7-4-6(13(15)16)8(12-9)19-7/h4,11-12H,2-3,9H2,1H3,(H,10,14). The van der Waals surface area contributed by atoms with Crippen molar-refractivity contribution in [3.05, 3.63) is 16.2 Å². The van der Waals surface area contributed by atoms with Gasteiger partial charge >= 0.3 is 5.69 Å². The van der Waals surface area contributed by atoms with Gasteiger partial charge in [-0.2, -0.15) is 0 Å². The third-order valence-corrected chi connectivity index (χ3v) is 5.06. The number of rotatable bonds is 7. The van der Waals surface area contributed by atoms with Gasteiger partial charge in [0, 0.05) is 26.1 Å². The normalized spacial score (nSPS) is 11.1. The molecule has 0 unspecified atom stereocenters. The van der Waals surface area contributed by atoms with E-state index in [4.69, 9.17) is 5.84 Å². The first-order valence-electron chi connectivity index (χ1n) is 5.27. The predicted octanol–water partition coefficient (Wildman–Crippen LogP) is -0.644. The molecule has 0 aliphatic rings. The van der Waals surface area contributed by atoms with Gasteiger partial charge in [0.25, 0.3) is 0 Å². The third-order valence-electron chi connectivity index (χ3n) is 2.07. The van der Waals surface area contributed by atoms with Crippen LogP contribution in [0, 0.1) is 10.1 Å². The Hall–Kier alpha value is -1.76. The second kappa shape index (κ2) is 6.60. The van der Waals surface area contributed by atoms with E-state index in [1.165, 1.54) is 6.92 Å². The smallest absolute Gasteiger partial charge is 0.306 e. The fourth-order valence-electron chi connectivity index (χ4n) is 1.23. The summed E-state index contributed by atoms with van der Waals surface area (Å²) in [5.74, 6) is 4.81. The highest BCUT2D eigenvalue weighted by atomic mass is 32.2. The van der Waals surface area contributed by atoms with Crippen LogP contribution >= 0.6 is 11.3 Å². The van der Waals surface area contributed by atoms with Crippen molar-refractivity contribution >= 4 is 38.0 Å². The first kappa shape index (κ1) is 16.3. The summed E-state index contributed by atoms with van der Waals surface area (Å²) in [5.41, 5.74) is 1.66. The maximum atomic E-state index is 11.9. The predicted molar refractivity (Wildman–Crippen MR) is 72.7 cm³/mol. The number of nitrogens with zero attached hydrogens (tertiary/aromatic N) is 1. The number of hydrogen-bond acceptors (Lipinski definition) is 8. The van der Waals surface area contributed by atoms with Gasteiger partial charge in [-0.25, -0.2) is 19.0 Å². The third kappa shape index (κ3) is 4.12. The maximum Gasteiger partial charge on any atom is 0.306 e. The largest absolute Gasteiger partial charge is 0.355 e. The first-order chi connectivity index (χ1) is 9.27. The van der Waals surface area contributed by atoms with Gasteiger partial charge in [0.05, 0.1) is 4.92 Å². The van der Waals surface area contributed by atoms with Crippen molar-refractivity contribution < 1.29 is 18.1 Å². The van der Waals surface area contributed by atoms with E-state index in [2.05, 4.69) is 15.5 Å². The van der Waals surface area contributed by atoms with Crippen LogP contribution in [-0.4, -0.2) is 32.3 Å². The van der Waals surface area contributed by atoms with Crippen LogP contribution in [0.3, 0.4) is 0 Å². The number of anilines is 1. The van der Waals surface area contributed by atoms with Gasteiger partial charge in [0.15, 0.2) is 5.00 Å². The van der Waals surface area contributed by atoms with Crippen molar-refractivity contribution in [1.29, 1.82) is 0 Å². The SMILES string of the molecule is CC(=O)NCCNS(=O)(=O)c1cc([N+](=O)[O-])c(NN)s1. The summed E-state index contributed by atoms with van der Waals surface area (Å²) >= 11 is 0.644. The van der Waals surface area contributed by atoms with Gasteiger partial charge in [-0.3, -0.25) is 14.9 Å². The molecule has 0 saturated carbocycles. The number of carbonyl (C=O) groups is 1. The Morgan fingerprint density at radius 1 is 1.50 bits per heavy atom. The fourth-order valence-corrected chi connectivity index (χ4v) is 3.54. The van der Waals surface area contributed by atoms with Crippen molar-refractivity contribution in [2.24, 2.45) is 5.84 Å². The molecule has 12 heteroatoms. The Bertz CT molecular complexity index is 611. The van der Waals surface area contributed by atoms with Crippen LogP contribution in [0.25, 0.3) is 0 Å². The summed E-state index contributed by atoms with van der Waals surface area (Å²) in [7, 11) is -3.89. The van der Waals surface area contributed by atoms with E-state index in [-0.39, 0.29) is 28.2 Å². The molecule has 1 aromatic heterocycles. The monoisotopic (exact) mass is 323 g/mol. The number of hydrazine groups is 1. The number of nitrogen functional groups attached to an aromatic ring is 1. The Kier molecular flexibility index (Phi) is 5.38. The summed E-state index contributed by atoms with van der Waals surface area (Å²) in [5, 5.41) is 13.1. The zero-order valence-corrected chi connectivity index (χ0v) is 12.0. The molecule has 1 aromatic rings. The lowest BCUT2D eigenvalue weighted by molar-refractivity contribution is -0.383. The maximum absolute atomic E-state index is 11.9. The first-order valence-corrected chi connectivity index (χ1v) is 7.57. The molecular weight excluding hydrogens is 310 g/mol. The zero-order chi connectivity index (χ0) is 15.3. The number of carbonyl (C=O) groups excluding carboxylic acids is 1. The van der Waals surface area contributed by atoms with Crippen LogP contribution in [0.4, 0.5) is 10.7 Å². The summed E-state index contributed by atoms with van der Waals surface area (Å²) in [6, 6.07) is 0.917. The number of thiophene rings is 1. The highest BCUT2D eigenvalue weighted by molar-refractivity contribution is 7.91. The van der Waals surface area contributed by atoms with E-state index in [9.17, 15) is 23.3 Å². The highest BCUT2D eigenvalue weighted by Gasteiger charge is 2.25.